The Kier molecular flexibility index (Phi) is 7.02. The van der Waals surface area contributed by atoms with Crippen molar-refractivity contribution in [2.45, 2.75) is 12.8 Å². The first kappa shape index (κ1) is 26.4. The predicted molar refractivity (Wildman–Crippen MR) is 175 cm³/mol. The molecule has 7 aromatic rings. The zero-order valence-electron chi connectivity index (χ0n) is 24.0. The average Bonchev–Trinajstić information content (AvgIpc) is 3.45. The second-order valence-electron chi connectivity index (χ2n) is 11.0. The number of aryl methyl sites for hydroxylation is 1. The van der Waals surface area contributed by atoms with Crippen LogP contribution in [0.25, 0.3) is 44.5 Å². The number of rotatable bonds is 7. The number of hydrogen-bond acceptors (Lipinski definition) is 3. The van der Waals surface area contributed by atoms with Gasteiger partial charge in [0.2, 0.25) is 0 Å². The van der Waals surface area contributed by atoms with E-state index in [0.717, 1.165) is 51.1 Å². The van der Waals surface area contributed by atoms with Crippen LogP contribution >= 0.6 is 0 Å². The standard InChI is InChI=1S/C39H31N3O/c1-42-26-37(41-39(42)28-14-6-3-7-15-28)36-23-32(27-12-4-2-5-13-27)22-33(38(36)43)20-29-16-8-9-17-30(29)21-34-25-40-24-31-18-10-11-19-35(31)34/h2-19,22-26,43H,20-21H2,1H3. The van der Waals surface area contributed by atoms with Crippen LogP contribution in [0.15, 0.2) is 140 Å². The van der Waals surface area contributed by atoms with E-state index in [9.17, 15) is 5.11 Å². The van der Waals surface area contributed by atoms with Crippen molar-refractivity contribution in [3.8, 4) is 39.5 Å². The van der Waals surface area contributed by atoms with E-state index in [1.54, 1.807) is 0 Å². The summed E-state index contributed by atoms with van der Waals surface area (Å²) < 4.78 is 2.02. The first-order valence-corrected chi connectivity index (χ1v) is 14.5. The lowest BCUT2D eigenvalue weighted by Crippen LogP contribution is -2.00. The van der Waals surface area contributed by atoms with Crippen molar-refractivity contribution in [3.05, 3.63) is 162 Å². The van der Waals surface area contributed by atoms with Gasteiger partial charge >= 0.3 is 0 Å². The smallest absolute Gasteiger partial charge is 0.140 e. The fourth-order valence-electron chi connectivity index (χ4n) is 5.91. The monoisotopic (exact) mass is 557 g/mol. The topological polar surface area (TPSA) is 50.9 Å². The molecule has 0 radical (unpaired) electrons. The molecule has 2 heterocycles. The number of fused-ring (bicyclic) bond motifs is 1. The van der Waals surface area contributed by atoms with Crippen LogP contribution in [0, 0.1) is 0 Å². The summed E-state index contributed by atoms with van der Waals surface area (Å²) in [6.45, 7) is 0. The Morgan fingerprint density at radius 3 is 1.98 bits per heavy atom. The zero-order valence-corrected chi connectivity index (χ0v) is 24.0. The molecule has 0 saturated heterocycles. The van der Waals surface area contributed by atoms with Crippen molar-refractivity contribution in [1.82, 2.24) is 14.5 Å². The van der Waals surface area contributed by atoms with E-state index in [-0.39, 0.29) is 5.75 Å². The summed E-state index contributed by atoms with van der Waals surface area (Å²) in [5, 5.41) is 14.2. The minimum Gasteiger partial charge on any atom is -0.507 e. The molecule has 0 fully saturated rings. The summed E-state index contributed by atoms with van der Waals surface area (Å²) in [7, 11) is 2.00. The zero-order chi connectivity index (χ0) is 29.2. The summed E-state index contributed by atoms with van der Waals surface area (Å²) in [4.78, 5) is 9.50. The number of pyridine rings is 1. The highest BCUT2D eigenvalue weighted by Gasteiger charge is 2.18. The van der Waals surface area contributed by atoms with Crippen molar-refractivity contribution in [1.29, 1.82) is 0 Å². The Morgan fingerprint density at radius 2 is 1.23 bits per heavy atom. The molecule has 0 atom stereocenters. The van der Waals surface area contributed by atoms with E-state index in [1.807, 2.05) is 72.7 Å². The number of nitrogens with zero attached hydrogens (tertiary/aromatic N) is 3. The van der Waals surface area contributed by atoms with Gasteiger partial charge in [0.25, 0.3) is 0 Å². The lowest BCUT2D eigenvalue weighted by molar-refractivity contribution is 0.471. The Labute approximate surface area is 251 Å². The molecule has 0 spiro atoms. The molecule has 1 N–H and O–H groups in total. The van der Waals surface area contributed by atoms with Crippen molar-refractivity contribution < 1.29 is 5.11 Å². The summed E-state index contributed by atoms with van der Waals surface area (Å²) >= 11 is 0. The SMILES string of the molecule is Cn1cc(-c2cc(-c3ccccc3)cc(Cc3ccccc3Cc3cncc4ccccc34)c2O)nc1-c1ccccc1. The van der Waals surface area contributed by atoms with Crippen LogP contribution in [-0.4, -0.2) is 19.6 Å². The average molecular weight is 558 g/mol. The van der Waals surface area contributed by atoms with Crippen molar-refractivity contribution >= 4 is 10.8 Å². The molecule has 0 aliphatic rings. The number of phenols is 1. The van der Waals surface area contributed by atoms with E-state index in [4.69, 9.17) is 4.98 Å². The Bertz CT molecular complexity index is 2040. The highest BCUT2D eigenvalue weighted by Crippen LogP contribution is 2.39. The van der Waals surface area contributed by atoms with Crippen LogP contribution in [0.2, 0.25) is 0 Å². The predicted octanol–water partition coefficient (Wildman–Crippen LogP) is 8.86. The molecule has 5 aromatic carbocycles. The minimum absolute atomic E-state index is 0.263. The number of aromatic hydroxyl groups is 1. The Morgan fingerprint density at radius 1 is 0.605 bits per heavy atom. The van der Waals surface area contributed by atoms with Crippen LogP contribution < -0.4 is 0 Å². The molecule has 43 heavy (non-hydrogen) atoms. The summed E-state index contributed by atoms with van der Waals surface area (Å²) in [5.41, 5.74) is 9.10. The first-order valence-electron chi connectivity index (χ1n) is 14.5. The van der Waals surface area contributed by atoms with E-state index in [2.05, 4.69) is 83.8 Å². The number of benzene rings is 5. The molecule has 4 nitrogen and oxygen atoms in total. The molecule has 0 unspecified atom stereocenters. The van der Waals surface area contributed by atoms with Crippen LogP contribution in [0.3, 0.4) is 0 Å². The van der Waals surface area contributed by atoms with E-state index >= 15 is 0 Å². The van der Waals surface area contributed by atoms with Gasteiger partial charge in [-0.2, -0.15) is 0 Å². The molecular formula is C39H31N3O. The summed E-state index contributed by atoms with van der Waals surface area (Å²) in [6, 6.07) is 41.5. The summed E-state index contributed by atoms with van der Waals surface area (Å²) in [5.74, 6) is 1.12. The first-order chi connectivity index (χ1) is 21.1. The second kappa shape index (κ2) is 11.4. The molecule has 0 amide bonds. The highest BCUT2D eigenvalue weighted by atomic mass is 16.3. The van der Waals surface area contributed by atoms with Crippen LogP contribution in [0.5, 0.6) is 5.75 Å². The van der Waals surface area contributed by atoms with E-state index in [1.165, 1.54) is 22.1 Å². The third kappa shape index (κ3) is 5.31. The maximum atomic E-state index is 11.8. The lowest BCUT2D eigenvalue weighted by atomic mass is 9.91. The maximum Gasteiger partial charge on any atom is 0.140 e. The molecule has 0 aliphatic heterocycles. The quantitative estimate of drug-likeness (QED) is 0.213. The number of phenolic OH excluding ortho intramolecular Hbond substituents is 1. The number of hydrogen-bond donors (Lipinski definition) is 1. The molecule has 0 saturated carbocycles. The van der Waals surface area contributed by atoms with Gasteiger partial charge in [0.1, 0.15) is 11.6 Å². The number of aromatic nitrogens is 3. The fraction of sp³-hybridized carbons (Fsp3) is 0.0769. The van der Waals surface area contributed by atoms with E-state index in [0.29, 0.717) is 6.42 Å². The van der Waals surface area contributed by atoms with Crippen molar-refractivity contribution in [2.24, 2.45) is 7.05 Å². The molecular weight excluding hydrogens is 526 g/mol. The normalized spacial score (nSPS) is 11.2. The molecule has 208 valence electrons. The third-order valence-electron chi connectivity index (χ3n) is 8.11. The number of imidazole rings is 1. The van der Waals surface area contributed by atoms with Crippen molar-refractivity contribution in [3.63, 3.8) is 0 Å². The third-order valence-corrected chi connectivity index (χ3v) is 8.11. The van der Waals surface area contributed by atoms with Crippen LogP contribution in [0.4, 0.5) is 0 Å². The molecule has 0 aliphatic carbocycles. The maximum absolute atomic E-state index is 11.8. The van der Waals surface area contributed by atoms with Gasteiger partial charge in [-0.1, -0.05) is 109 Å². The van der Waals surface area contributed by atoms with Gasteiger partial charge in [-0.25, -0.2) is 4.98 Å². The van der Waals surface area contributed by atoms with Gasteiger partial charge in [-0.3, -0.25) is 4.98 Å². The molecule has 7 rings (SSSR count). The fourth-order valence-corrected chi connectivity index (χ4v) is 5.91. The van der Waals surface area contributed by atoms with Gasteiger partial charge in [-0.05, 0) is 57.3 Å². The second-order valence-corrected chi connectivity index (χ2v) is 11.0. The lowest BCUT2D eigenvalue weighted by Gasteiger charge is -2.15. The Balaban J connectivity index is 1.32. The minimum atomic E-state index is 0.263. The summed E-state index contributed by atoms with van der Waals surface area (Å²) in [6.07, 6.45) is 7.23. The Hall–Kier alpha value is -5.48. The van der Waals surface area contributed by atoms with E-state index < -0.39 is 0 Å². The van der Waals surface area contributed by atoms with Gasteiger partial charge in [-0.15, -0.1) is 0 Å². The molecule has 4 heteroatoms. The molecule has 2 aromatic heterocycles. The van der Waals surface area contributed by atoms with Gasteiger partial charge < -0.3 is 9.67 Å². The molecule has 0 bridgehead atoms. The van der Waals surface area contributed by atoms with Gasteiger partial charge in [0, 0.05) is 48.6 Å². The highest BCUT2D eigenvalue weighted by molar-refractivity contribution is 5.85. The van der Waals surface area contributed by atoms with Gasteiger partial charge in [0.15, 0.2) is 0 Å². The van der Waals surface area contributed by atoms with Crippen LogP contribution in [0.1, 0.15) is 22.3 Å². The van der Waals surface area contributed by atoms with Crippen LogP contribution in [-0.2, 0) is 19.9 Å². The van der Waals surface area contributed by atoms with Crippen molar-refractivity contribution in [2.75, 3.05) is 0 Å². The van der Waals surface area contributed by atoms with Gasteiger partial charge in [0.05, 0.1) is 5.69 Å². The largest absolute Gasteiger partial charge is 0.507 e.